The van der Waals surface area contributed by atoms with E-state index in [0.717, 1.165) is 11.4 Å². The van der Waals surface area contributed by atoms with E-state index in [4.69, 9.17) is 14.1 Å². The molecule has 0 unspecified atom stereocenters. The normalized spacial score (nSPS) is 11.8. The van der Waals surface area contributed by atoms with Crippen molar-refractivity contribution in [3.05, 3.63) is 159 Å². The molecule has 0 heterocycles. The molecule has 0 fully saturated rings. The van der Waals surface area contributed by atoms with Crippen LogP contribution in [0.1, 0.15) is 55.4 Å². The van der Waals surface area contributed by atoms with Gasteiger partial charge in [-0.1, -0.05) is 103 Å². The van der Waals surface area contributed by atoms with Crippen LogP contribution in [0.4, 0.5) is 22.7 Å². The van der Waals surface area contributed by atoms with Gasteiger partial charge in [-0.25, -0.2) is 0 Å². The summed E-state index contributed by atoms with van der Waals surface area (Å²) in [7, 11) is 8.32. The van der Waals surface area contributed by atoms with E-state index in [1.54, 1.807) is 0 Å². The summed E-state index contributed by atoms with van der Waals surface area (Å²) in [6, 6.07) is 50.6. The fraction of sp³-hybridized carbons (Fsp3) is 0.273. The van der Waals surface area contributed by atoms with Crippen LogP contribution in [0.15, 0.2) is 140 Å². The smallest absolute Gasteiger partial charge is 0.160 e. The zero-order valence-corrected chi connectivity index (χ0v) is 32.6. The van der Waals surface area contributed by atoms with Crippen LogP contribution in [-0.2, 0) is 17.1 Å². The maximum atomic E-state index is 4.83. The third-order valence-corrected chi connectivity index (χ3v) is 12.6. The molecule has 0 saturated carbocycles. The Kier molecular flexibility index (Phi) is 14.9. The molecule has 263 valence electrons. The Bertz CT molecular complexity index is 1560. The Morgan fingerprint density at radius 2 is 0.714 bits per heavy atom. The summed E-state index contributed by atoms with van der Waals surface area (Å²) >= 11 is 0. The second-order valence-electron chi connectivity index (χ2n) is 13.8. The molecule has 3 nitrogen and oxygen atoms in total. The van der Waals surface area contributed by atoms with Crippen molar-refractivity contribution in [1.82, 2.24) is 8.97 Å². The number of benzene rings is 5. The van der Waals surface area contributed by atoms with Crippen LogP contribution in [0.25, 0.3) is 5.32 Å². The molecule has 5 aromatic rings. The Morgan fingerprint density at radius 3 is 1.04 bits per heavy atom. The number of quaternary nitrogens is 2. The SMILES string of the molecule is [CH2-][N+](c1ccccc1[PH+](c1ccccc1)c1ccccc1[N+]([CH2-])(C(C)C)C(C)C)(C(C)C)C(C)C.[Cu].c1ccc([N-]c2ccccc2)cc1. The van der Waals surface area contributed by atoms with Gasteiger partial charge >= 0.3 is 0 Å². The molecule has 5 aromatic carbocycles. The molecule has 49 heavy (non-hydrogen) atoms. The fourth-order valence-corrected chi connectivity index (χ4v) is 9.68. The summed E-state index contributed by atoms with van der Waals surface area (Å²) < 4.78 is 1.33. The number of hydrogen-bond donors (Lipinski definition) is 0. The minimum absolute atomic E-state index is 0. The molecule has 0 aliphatic heterocycles. The Morgan fingerprint density at radius 1 is 0.429 bits per heavy atom. The quantitative estimate of drug-likeness (QED) is 0.0558. The predicted molar refractivity (Wildman–Crippen MR) is 217 cm³/mol. The van der Waals surface area contributed by atoms with E-state index in [9.17, 15) is 0 Å². The summed E-state index contributed by atoms with van der Waals surface area (Å²) in [4.78, 5) is 0. The van der Waals surface area contributed by atoms with Crippen molar-refractivity contribution in [3.63, 3.8) is 0 Å². The van der Waals surface area contributed by atoms with Gasteiger partial charge in [0, 0.05) is 29.2 Å². The monoisotopic (exact) mass is 720 g/mol. The van der Waals surface area contributed by atoms with Crippen LogP contribution in [0.5, 0.6) is 0 Å². The summed E-state index contributed by atoms with van der Waals surface area (Å²) in [5.41, 5.74) is 4.66. The molecule has 0 N–H and O–H groups in total. The topological polar surface area (TPSA) is 14.1 Å². The molecule has 5 heteroatoms. The standard InChI is InChI=1S/C32H45N2P.C12H10N.Cu/c1-24(2)33(9,25(3)4)29-20-14-16-22-31(29)35(28-18-12-11-13-19-28)32-23-17-15-21-30(32)34(10,26(5)6)27(7)8;1-3-7-11(8-4-1)13-12-9-5-2-6-10-12;/h11-27H,9-10H2,1-8H3;1-10H;/q;-1;/p+1. The van der Waals surface area contributed by atoms with E-state index in [2.05, 4.69) is 140 Å². The number of hydrogen-bond acceptors (Lipinski definition) is 0. The molecule has 0 aliphatic rings. The largest absolute Gasteiger partial charge is 0.658 e. The van der Waals surface area contributed by atoms with Crippen LogP contribution < -0.4 is 24.9 Å². The van der Waals surface area contributed by atoms with E-state index in [1.165, 1.54) is 27.3 Å². The van der Waals surface area contributed by atoms with E-state index in [-0.39, 0.29) is 17.1 Å². The summed E-state index contributed by atoms with van der Waals surface area (Å²) in [6.45, 7) is 18.3. The molecular weight excluding hydrogens is 665 g/mol. The molecule has 0 aliphatic carbocycles. The molecule has 0 amide bonds. The molecular formula is C44H56CuN3P. The first kappa shape index (κ1) is 40.2. The molecule has 0 bridgehead atoms. The van der Waals surface area contributed by atoms with Gasteiger partial charge in [0.05, 0.1) is 24.2 Å². The van der Waals surface area contributed by atoms with E-state index in [0.29, 0.717) is 33.1 Å². The molecule has 1 radical (unpaired) electrons. The average Bonchev–Trinajstić information content (AvgIpc) is 3.09. The van der Waals surface area contributed by atoms with E-state index < -0.39 is 7.92 Å². The Labute approximate surface area is 309 Å². The van der Waals surface area contributed by atoms with Crippen molar-refractivity contribution in [1.29, 1.82) is 0 Å². The third kappa shape index (κ3) is 9.12. The van der Waals surface area contributed by atoms with Crippen molar-refractivity contribution >= 4 is 46.6 Å². The number of rotatable bonds is 11. The van der Waals surface area contributed by atoms with Gasteiger partial charge in [-0.15, -0.1) is 25.5 Å². The Hall–Kier alpha value is -3.23. The first-order valence-electron chi connectivity index (χ1n) is 17.3. The van der Waals surface area contributed by atoms with Gasteiger partial charge in [-0.05, 0) is 79.7 Å². The van der Waals surface area contributed by atoms with Crippen molar-refractivity contribution in [3.8, 4) is 0 Å². The maximum Gasteiger partial charge on any atom is 0.160 e. The Balaban J connectivity index is 0.000000387. The minimum atomic E-state index is -1.34. The molecule has 0 aromatic heterocycles. The number of para-hydroxylation sites is 4. The summed E-state index contributed by atoms with van der Waals surface area (Å²) in [6.07, 6.45) is 0. The van der Waals surface area contributed by atoms with Gasteiger partial charge in [-0.2, -0.15) is 0 Å². The van der Waals surface area contributed by atoms with Gasteiger partial charge in [0.25, 0.3) is 0 Å². The van der Waals surface area contributed by atoms with Gasteiger partial charge in [0.15, 0.2) is 10.6 Å². The van der Waals surface area contributed by atoms with Crippen LogP contribution in [0, 0.1) is 14.1 Å². The van der Waals surface area contributed by atoms with Crippen molar-refractivity contribution in [2.75, 3.05) is 0 Å². The first-order chi connectivity index (χ1) is 22.9. The van der Waals surface area contributed by atoms with Gasteiger partial charge < -0.3 is 14.3 Å². The van der Waals surface area contributed by atoms with Crippen LogP contribution >= 0.6 is 7.92 Å². The maximum absolute atomic E-state index is 4.83. The third-order valence-electron chi connectivity index (χ3n) is 9.76. The zero-order valence-electron chi connectivity index (χ0n) is 30.6. The van der Waals surface area contributed by atoms with Crippen molar-refractivity contribution < 1.29 is 17.1 Å². The molecule has 5 rings (SSSR count). The molecule has 0 atom stereocenters. The second kappa shape index (κ2) is 18.1. The van der Waals surface area contributed by atoms with Crippen LogP contribution in [0.3, 0.4) is 0 Å². The molecule has 0 spiro atoms. The summed E-state index contributed by atoms with van der Waals surface area (Å²) in [5, 5.41) is 8.69. The van der Waals surface area contributed by atoms with Gasteiger partial charge in [-0.3, -0.25) is 0 Å². The van der Waals surface area contributed by atoms with E-state index in [1.807, 2.05) is 60.7 Å². The number of nitrogens with zero attached hydrogens (tertiary/aromatic N) is 3. The zero-order chi connectivity index (χ0) is 34.9. The van der Waals surface area contributed by atoms with E-state index >= 15 is 0 Å². The fourth-order valence-electron chi connectivity index (χ4n) is 6.62. The second-order valence-corrected chi connectivity index (χ2v) is 16.2. The van der Waals surface area contributed by atoms with Crippen LogP contribution in [0.2, 0.25) is 0 Å². The van der Waals surface area contributed by atoms with Gasteiger partial charge in [0.2, 0.25) is 0 Å². The molecule has 0 saturated heterocycles. The van der Waals surface area contributed by atoms with Crippen molar-refractivity contribution in [2.45, 2.75) is 79.6 Å². The van der Waals surface area contributed by atoms with Crippen molar-refractivity contribution in [2.24, 2.45) is 0 Å². The van der Waals surface area contributed by atoms with Gasteiger partial charge in [0.1, 0.15) is 24.6 Å². The predicted octanol–water partition coefficient (Wildman–Crippen LogP) is 11.0. The summed E-state index contributed by atoms with van der Waals surface area (Å²) in [5.74, 6) is 0. The average molecular weight is 721 g/mol. The first-order valence-corrected chi connectivity index (χ1v) is 18.8. The van der Waals surface area contributed by atoms with Crippen LogP contribution in [-0.4, -0.2) is 24.2 Å². The minimum Gasteiger partial charge on any atom is -0.658 e.